The molecule has 1 aliphatic carbocycles. The van der Waals surface area contributed by atoms with Crippen molar-refractivity contribution in [3.8, 4) is 5.75 Å². The molecule has 0 spiro atoms. The van der Waals surface area contributed by atoms with E-state index in [-0.39, 0.29) is 18.5 Å². The van der Waals surface area contributed by atoms with Gasteiger partial charge in [-0.15, -0.1) is 0 Å². The molecule has 0 aromatic heterocycles. The third-order valence-electron chi connectivity index (χ3n) is 4.43. The fourth-order valence-corrected chi connectivity index (χ4v) is 2.80. The van der Waals surface area contributed by atoms with E-state index in [0.29, 0.717) is 6.54 Å². The summed E-state index contributed by atoms with van der Waals surface area (Å²) in [6.07, 6.45) is 1.53. The van der Waals surface area contributed by atoms with E-state index < -0.39 is 5.41 Å². The average Bonchev–Trinajstić information content (AvgIpc) is 3.47. The molecule has 0 radical (unpaired) electrons. The van der Waals surface area contributed by atoms with E-state index in [9.17, 15) is 9.59 Å². The summed E-state index contributed by atoms with van der Waals surface area (Å²) >= 11 is 0. The Labute approximate surface area is 147 Å². The number of nitrogens with one attached hydrogen (secondary N) is 1. The summed E-state index contributed by atoms with van der Waals surface area (Å²) in [7, 11) is 1.59. The molecule has 1 N–H and O–H groups in total. The Balaban J connectivity index is 1.48. The number of ether oxygens (including phenoxy) is 2. The van der Waals surface area contributed by atoms with Gasteiger partial charge in [0.1, 0.15) is 5.75 Å². The lowest BCUT2D eigenvalue weighted by Crippen LogP contribution is -2.31. The van der Waals surface area contributed by atoms with Crippen molar-refractivity contribution in [2.75, 3.05) is 13.7 Å². The van der Waals surface area contributed by atoms with Crippen LogP contribution >= 0.6 is 0 Å². The van der Waals surface area contributed by atoms with Crippen LogP contribution in [0.2, 0.25) is 0 Å². The van der Waals surface area contributed by atoms with Gasteiger partial charge in [-0.2, -0.15) is 0 Å². The van der Waals surface area contributed by atoms with Crippen LogP contribution < -0.4 is 10.1 Å². The molecule has 5 heteroatoms. The molecule has 0 saturated heterocycles. The highest BCUT2D eigenvalue weighted by atomic mass is 16.5. The van der Waals surface area contributed by atoms with Gasteiger partial charge in [0.05, 0.1) is 12.5 Å². The predicted octanol–water partition coefficient (Wildman–Crippen LogP) is 2.59. The van der Waals surface area contributed by atoms with Crippen molar-refractivity contribution in [2.24, 2.45) is 0 Å². The number of benzene rings is 2. The number of hydrogen-bond donors (Lipinski definition) is 1. The molecular weight excluding hydrogens is 318 g/mol. The van der Waals surface area contributed by atoms with Crippen LogP contribution in [0, 0.1) is 0 Å². The van der Waals surface area contributed by atoms with E-state index >= 15 is 0 Å². The first-order valence-electron chi connectivity index (χ1n) is 8.26. The van der Waals surface area contributed by atoms with Crippen LogP contribution in [0.5, 0.6) is 5.75 Å². The van der Waals surface area contributed by atoms with Crippen molar-refractivity contribution >= 4 is 11.9 Å². The number of carbonyl (C=O) groups is 2. The van der Waals surface area contributed by atoms with Crippen LogP contribution in [0.15, 0.2) is 54.6 Å². The van der Waals surface area contributed by atoms with E-state index in [0.717, 1.165) is 29.7 Å². The standard InChI is InChI=1S/C20H21NO4/c1-24-17-9-5-6-15(12-17)13-21-18(22)14-25-19(23)20(10-11-20)16-7-3-2-4-8-16/h2-9,12H,10-11,13-14H2,1H3,(H,21,22). The zero-order valence-corrected chi connectivity index (χ0v) is 14.2. The monoisotopic (exact) mass is 339 g/mol. The molecule has 0 unspecified atom stereocenters. The maximum Gasteiger partial charge on any atom is 0.317 e. The summed E-state index contributed by atoms with van der Waals surface area (Å²) in [5, 5.41) is 2.75. The summed E-state index contributed by atoms with van der Waals surface area (Å²) in [5.74, 6) is 0.0898. The Morgan fingerprint density at radius 3 is 2.52 bits per heavy atom. The first-order chi connectivity index (χ1) is 12.1. The minimum absolute atomic E-state index is 0.266. The van der Waals surface area contributed by atoms with Gasteiger partial charge < -0.3 is 14.8 Å². The zero-order chi connectivity index (χ0) is 17.7. The van der Waals surface area contributed by atoms with Gasteiger partial charge in [-0.3, -0.25) is 9.59 Å². The van der Waals surface area contributed by atoms with E-state index in [1.54, 1.807) is 7.11 Å². The molecule has 0 bridgehead atoms. The van der Waals surface area contributed by atoms with Crippen LogP contribution in [-0.4, -0.2) is 25.6 Å². The molecule has 1 fully saturated rings. The quantitative estimate of drug-likeness (QED) is 0.788. The van der Waals surface area contributed by atoms with Gasteiger partial charge in [-0.25, -0.2) is 0 Å². The van der Waals surface area contributed by atoms with Gasteiger partial charge in [0.25, 0.3) is 5.91 Å². The largest absolute Gasteiger partial charge is 0.497 e. The molecule has 1 saturated carbocycles. The number of rotatable bonds is 7. The summed E-state index contributed by atoms with van der Waals surface area (Å²) in [4.78, 5) is 24.3. The maximum absolute atomic E-state index is 12.4. The van der Waals surface area contributed by atoms with Gasteiger partial charge in [0.15, 0.2) is 6.61 Å². The smallest absolute Gasteiger partial charge is 0.317 e. The highest BCUT2D eigenvalue weighted by Gasteiger charge is 2.52. The van der Waals surface area contributed by atoms with Gasteiger partial charge in [0.2, 0.25) is 0 Å². The molecule has 5 nitrogen and oxygen atoms in total. The molecule has 2 aromatic carbocycles. The lowest BCUT2D eigenvalue weighted by atomic mass is 9.96. The maximum atomic E-state index is 12.4. The summed E-state index contributed by atoms with van der Waals surface area (Å²) < 4.78 is 10.4. The number of carbonyl (C=O) groups excluding carboxylic acids is 2. The number of methoxy groups -OCH3 is 1. The third-order valence-corrected chi connectivity index (χ3v) is 4.43. The van der Waals surface area contributed by atoms with Crippen LogP contribution in [0.1, 0.15) is 24.0 Å². The highest BCUT2D eigenvalue weighted by Crippen LogP contribution is 2.49. The minimum Gasteiger partial charge on any atom is -0.497 e. The summed E-state index contributed by atoms with van der Waals surface area (Å²) in [6.45, 7) is 0.0921. The molecular formula is C20H21NO4. The average molecular weight is 339 g/mol. The van der Waals surface area contributed by atoms with E-state index in [4.69, 9.17) is 9.47 Å². The fraction of sp³-hybridized carbons (Fsp3) is 0.300. The van der Waals surface area contributed by atoms with Gasteiger partial charge in [0, 0.05) is 6.54 Å². The fourth-order valence-electron chi connectivity index (χ4n) is 2.80. The molecule has 2 aromatic rings. The van der Waals surface area contributed by atoms with Gasteiger partial charge in [-0.1, -0.05) is 42.5 Å². The second-order valence-electron chi connectivity index (χ2n) is 6.15. The molecule has 130 valence electrons. The van der Waals surface area contributed by atoms with Crippen LogP contribution in [0.3, 0.4) is 0 Å². The number of amides is 1. The Bertz CT molecular complexity index is 753. The Morgan fingerprint density at radius 1 is 1.08 bits per heavy atom. The van der Waals surface area contributed by atoms with Crippen molar-refractivity contribution in [3.63, 3.8) is 0 Å². The SMILES string of the molecule is COc1cccc(CNC(=O)COC(=O)C2(c3ccccc3)CC2)c1. The molecule has 3 rings (SSSR count). The Morgan fingerprint density at radius 2 is 1.84 bits per heavy atom. The topological polar surface area (TPSA) is 64.6 Å². The van der Waals surface area contributed by atoms with E-state index in [2.05, 4.69) is 5.32 Å². The highest BCUT2D eigenvalue weighted by molar-refractivity contribution is 5.88. The number of esters is 1. The summed E-state index contributed by atoms with van der Waals surface area (Å²) in [5.41, 5.74) is 1.31. The first kappa shape index (κ1) is 17.0. The van der Waals surface area contributed by atoms with Gasteiger partial charge >= 0.3 is 5.97 Å². The Hall–Kier alpha value is -2.82. The number of hydrogen-bond acceptors (Lipinski definition) is 4. The second-order valence-corrected chi connectivity index (χ2v) is 6.15. The van der Waals surface area contributed by atoms with E-state index in [1.807, 2.05) is 54.6 Å². The normalized spacial score (nSPS) is 14.4. The van der Waals surface area contributed by atoms with E-state index in [1.165, 1.54) is 0 Å². The minimum atomic E-state index is -0.561. The molecule has 1 amide bonds. The predicted molar refractivity (Wildman–Crippen MR) is 93.2 cm³/mol. The third kappa shape index (κ3) is 3.99. The van der Waals surface area contributed by atoms with Gasteiger partial charge in [-0.05, 0) is 36.1 Å². The van der Waals surface area contributed by atoms with Crippen molar-refractivity contribution in [2.45, 2.75) is 24.8 Å². The molecule has 25 heavy (non-hydrogen) atoms. The van der Waals surface area contributed by atoms with Crippen LogP contribution in [-0.2, 0) is 26.3 Å². The lowest BCUT2D eigenvalue weighted by molar-refractivity contribution is -0.151. The zero-order valence-electron chi connectivity index (χ0n) is 14.2. The molecule has 1 aliphatic rings. The van der Waals surface area contributed by atoms with Crippen molar-refractivity contribution in [1.29, 1.82) is 0 Å². The van der Waals surface area contributed by atoms with Crippen LogP contribution in [0.4, 0.5) is 0 Å². The first-order valence-corrected chi connectivity index (χ1v) is 8.26. The lowest BCUT2D eigenvalue weighted by Gasteiger charge is -2.14. The van der Waals surface area contributed by atoms with Crippen molar-refractivity contribution in [3.05, 3.63) is 65.7 Å². The second kappa shape index (κ2) is 7.38. The molecule has 0 heterocycles. The van der Waals surface area contributed by atoms with Crippen molar-refractivity contribution < 1.29 is 19.1 Å². The van der Waals surface area contributed by atoms with Crippen LogP contribution in [0.25, 0.3) is 0 Å². The molecule has 0 aliphatic heterocycles. The summed E-state index contributed by atoms with van der Waals surface area (Å²) in [6, 6.07) is 17.0. The molecule has 0 atom stereocenters. The van der Waals surface area contributed by atoms with Crippen molar-refractivity contribution in [1.82, 2.24) is 5.32 Å². The Kier molecular flexibility index (Phi) is 5.03.